The summed E-state index contributed by atoms with van der Waals surface area (Å²) in [5.41, 5.74) is 2.24. The van der Waals surface area contributed by atoms with Crippen molar-refractivity contribution in [3.05, 3.63) is 71.3 Å². The van der Waals surface area contributed by atoms with Crippen LogP contribution in [0.1, 0.15) is 49.3 Å². The molecule has 0 spiro atoms. The van der Waals surface area contributed by atoms with E-state index in [2.05, 4.69) is 11.5 Å². The Kier molecular flexibility index (Phi) is 7.98. The van der Waals surface area contributed by atoms with E-state index in [4.69, 9.17) is 16.7 Å². The minimum atomic E-state index is -3.77. The standard InChI is InChI=1S/C24H29ClN2O4S/c1-3-15-27(16-9-5-4-6-12-23(28)29)24-19-10-7-8-11-21(19)26(2)32(30,31)22-17-18(25)13-14-20(22)24/h3,7-8,10-11,13-14,17,24H,1,4-6,9,12,15-16H2,2H3,(H,28,29). The Labute approximate surface area is 195 Å². The predicted octanol–water partition coefficient (Wildman–Crippen LogP) is 5.09. The predicted molar refractivity (Wildman–Crippen MR) is 128 cm³/mol. The van der Waals surface area contributed by atoms with Gasteiger partial charge in [0.1, 0.15) is 0 Å². The quantitative estimate of drug-likeness (QED) is 0.381. The molecule has 0 saturated carbocycles. The van der Waals surface area contributed by atoms with E-state index < -0.39 is 16.0 Å². The summed E-state index contributed by atoms with van der Waals surface area (Å²) in [4.78, 5) is 13.2. The molecule has 0 radical (unpaired) electrons. The van der Waals surface area contributed by atoms with Gasteiger partial charge in [-0.1, -0.05) is 54.8 Å². The highest BCUT2D eigenvalue weighted by atomic mass is 35.5. The van der Waals surface area contributed by atoms with E-state index in [9.17, 15) is 13.2 Å². The Balaban J connectivity index is 2.00. The van der Waals surface area contributed by atoms with Crippen LogP contribution in [0.3, 0.4) is 0 Å². The summed E-state index contributed by atoms with van der Waals surface area (Å²) in [6, 6.07) is 12.3. The summed E-state index contributed by atoms with van der Waals surface area (Å²) < 4.78 is 28.2. The summed E-state index contributed by atoms with van der Waals surface area (Å²) in [6.45, 7) is 5.22. The van der Waals surface area contributed by atoms with Gasteiger partial charge in [-0.15, -0.1) is 6.58 Å². The van der Waals surface area contributed by atoms with E-state index in [1.807, 2.05) is 30.3 Å². The second kappa shape index (κ2) is 10.5. The number of halogens is 1. The number of anilines is 1. The number of carbonyl (C=O) groups is 1. The first-order valence-electron chi connectivity index (χ1n) is 10.7. The fraction of sp³-hybridized carbons (Fsp3) is 0.375. The molecule has 0 saturated heterocycles. The van der Waals surface area contributed by atoms with Crippen LogP contribution >= 0.6 is 11.6 Å². The summed E-state index contributed by atoms with van der Waals surface area (Å²) in [5.74, 6) is -0.769. The average Bonchev–Trinajstić information content (AvgIpc) is 2.82. The van der Waals surface area contributed by atoms with Gasteiger partial charge in [0, 0.05) is 25.0 Å². The molecule has 2 aromatic carbocycles. The van der Waals surface area contributed by atoms with E-state index in [1.54, 1.807) is 19.2 Å². The van der Waals surface area contributed by atoms with Crippen LogP contribution in [0.4, 0.5) is 5.69 Å². The first-order valence-corrected chi connectivity index (χ1v) is 12.5. The van der Waals surface area contributed by atoms with Gasteiger partial charge in [0.2, 0.25) is 0 Å². The molecule has 0 bridgehead atoms. The Bertz CT molecular complexity index is 1090. The van der Waals surface area contributed by atoms with Crippen molar-refractivity contribution in [1.82, 2.24) is 4.90 Å². The number of rotatable bonds is 10. The number of carboxylic acids is 1. The first-order chi connectivity index (χ1) is 15.3. The molecule has 2 aromatic rings. The lowest BCUT2D eigenvalue weighted by Gasteiger charge is -2.32. The van der Waals surface area contributed by atoms with Gasteiger partial charge in [-0.05, 0) is 48.7 Å². The number of sulfonamides is 1. The molecule has 1 unspecified atom stereocenters. The number of aliphatic carboxylic acids is 1. The lowest BCUT2D eigenvalue weighted by Crippen LogP contribution is -2.31. The van der Waals surface area contributed by atoms with E-state index >= 15 is 0 Å². The van der Waals surface area contributed by atoms with E-state index in [-0.39, 0.29) is 17.4 Å². The normalized spacial score (nSPS) is 16.8. The molecule has 6 nitrogen and oxygen atoms in total. The lowest BCUT2D eigenvalue weighted by molar-refractivity contribution is -0.137. The highest BCUT2D eigenvalue weighted by Crippen LogP contribution is 2.43. The van der Waals surface area contributed by atoms with Crippen molar-refractivity contribution in [3.8, 4) is 0 Å². The minimum absolute atomic E-state index is 0.185. The van der Waals surface area contributed by atoms with E-state index in [0.717, 1.165) is 31.4 Å². The molecule has 1 aliphatic rings. The molecular weight excluding hydrogens is 448 g/mol. The number of benzene rings is 2. The third-order valence-electron chi connectivity index (χ3n) is 5.79. The van der Waals surface area contributed by atoms with Crippen molar-refractivity contribution in [2.75, 3.05) is 24.4 Å². The van der Waals surface area contributed by atoms with Crippen molar-refractivity contribution >= 4 is 33.3 Å². The molecule has 8 heteroatoms. The Hall–Kier alpha value is -2.35. The maximum absolute atomic E-state index is 13.4. The molecule has 0 fully saturated rings. The molecule has 32 heavy (non-hydrogen) atoms. The second-order valence-electron chi connectivity index (χ2n) is 7.96. The summed E-state index contributed by atoms with van der Waals surface area (Å²) in [7, 11) is -2.20. The zero-order valence-electron chi connectivity index (χ0n) is 18.2. The third kappa shape index (κ3) is 5.17. The molecule has 172 valence electrons. The average molecular weight is 477 g/mol. The van der Waals surface area contributed by atoms with E-state index in [0.29, 0.717) is 29.2 Å². The minimum Gasteiger partial charge on any atom is -0.481 e. The van der Waals surface area contributed by atoms with Gasteiger partial charge in [-0.2, -0.15) is 0 Å². The molecule has 1 aliphatic heterocycles. The molecule has 0 amide bonds. The summed E-state index contributed by atoms with van der Waals surface area (Å²) >= 11 is 6.20. The fourth-order valence-corrected chi connectivity index (χ4v) is 5.95. The van der Waals surface area contributed by atoms with Crippen LogP contribution < -0.4 is 4.31 Å². The Morgan fingerprint density at radius 2 is 1.88 bits per heavy atom. The zero-order valence-corrected chi connectivity index (χ0v) is 19.8. The second-order valence-corrected chi connectivity index (χ2v) is 10.3. The van der Waals surface area contributed by atoms with Crippen molar-refractivity contribution in [1.29, 1.82) is 0 Å². The van der Waals surface area contributed by atoms with Crippen LogP contribution in [0.5, 0.6) is 0 Å². The molecule has 3 rings (SSSR count). The van der Waals surface area contributed by atoms with Crippen LogP contribution in [0, 0.1) is 0 Å². The maximum Gasteiger partial charge on any atom is 0.303 e. The van der Waals surface area contributed by atoms with Crippen molar-refractivity contribution in [2.24, 2.45) is 0 Å². The molecule has 1 heterocycles. The van der Waals surface area contributed by atoms with Crippen molar-refractivity contribution < 1.29 is 18.3 Å². The molecule has 0 aromatic heterocycles. The van der Waals surface area contributed by atoms with Gasteiger partial charge in [0.05, 0.1) is 16.6 Å². The van der Waals surface area contributed by atoms with Crippen LogP contribution in [-0.4, -0.2) is 44.5 Å². The number of nitrogens with zero attached hydrogens (tertiary/aromatic N) is 2. The highest BCUT2D eigenvalue weighted by molar-refractivity contribution is 7.92. The number of carboxylic acid groups (broad SMARTS) is 1. The zero-order chi connectivity index (χ0) is 23.3. The largest absolute Gasteiger partial charge is 0.481 e. The number of unbranched alkanes of at least 4 members (excludes halogenated alkanes) is 3. The Morgan fingerprint density at radius 3 is 2.59 bits per heavy atom. The SMILES string of the molecule is C=CCN(CCCCCCC(=O)O)C1c2ccccc2N(C)S(=O)(=O)c2cc(Cl)ccc21. The van der Waals surface area contributed by atoms with E-state index in [1.165, 1.54) is 10.4 Å². The topological polar surface area (TPSA) is 77.9 Å². The van der Waals surface area contributed by atoms with Gasteiger partial charge in [0.25, 0.3) is 10.0 Å². The van der Waals surface area contributed by atoms with Crippen LogP contribution in [0.15, 0.2) is 60.0 Å². The van der Waals surface area contributed by atoms with Crippen LogP contribution in [-0.2, 0) is 14.8 Å². The number of hydrogen-bond donors (Lipinski definition) is 1. The van der Waals surface area contributed by atoms with Gasteiger partial charge < -0.3 is 5.11 Å². The maximum atomic E-state index is 13.4. The molecule has 1 atom stereocenters. The van der Waals surface area contributed by atoms with Crippen LogP contribution in [0.25, 0.3) is 0 Å². The van der Waals surface area contributed by atoms with Crippen molar-refractivity contribution in [2.45, 2.75) is 43.0 Å². The third-order valence-corrected chi connectivity index (χ3v) is 7.86. The fourth-order valence-electron chi connectivity index (χ4n) is 4.24. The number of fused-ring (bicyclic) bond motifs is 2. The van der Waals surface area contributed by atoms with Crippen LogP contribution in [0.2, 0.25) is 5.02 Å². The van der Waals surface area contributed by atoms with Crippen molar-refractivity contribution in [3.63, 3.8) is 0 Å². The van der Waals surface area contributed by atoms with Gasteiger partial charge >= 0.3 is 5.97 Å². The molecule has 1 N–H and O–H groups in total. The summed E-state index contributed by atoms with van der Waals surface area (Å²) in [6.07, 6.45) is 5.29. The molecular formula is C24H29ClN2O4S. The lowest BCUT2D eigenvalue weighted by atomic mass is 9.95. The highest BCUT2D eigenvalue weighted by Gasteiger charge is 2.37. The number of para-hydroxylation sites is 1. The van der Waals surface area contributed by atoms with Gasteiger partial charge in [0.15, 0.2) is 0 Å². The smallest absolute Gasteiger partial charge is 0.303 e. The monoisotopic (exact) mass is 476 g/mol. The first kappa shape index (κ1) is 24.3. The Morgan fingerprint density at radius 1 is 1.16 bits per heavy atom. The van der Waals surface area contributed by atoms with Gasteiger partial charge in [-0.25, -0.2) is 8.42 Å². The molecule has 0 aliphatic carbocycles. The summed E-state index contributed by atoms with van der Waals surface area (Å²) in [5, 5.41) is 9.19. The number of hydrogen-bond acceptors (Lipinski definition) is 4. The van der Waals surface area contributed by atoms with Gasteiger partial charge in [-0.3, -0.25) is 14.0 Å².